The number of thiophene rings is 1. The van der Waals surface area contributed by atoms with Crippen LogP contribution in [0.4, 0.5) is 5.69 Å². The Balaban J connectivity index is 1.40. The number of carbonyl (C=O) groups is 2. The molecule has 1 atom stereocenters. The van der Waals surface area contributed by atoms with E-state index >= 15 is 0 Å². The molecule has 2 aliphatic heterocycles. The van der Waals surface area contributed by atoms with Crippen LogP contribution in [0, 0.1) is 0 Å². The van der Waals surface area contributed by atoms with E-state index in [1.807, 2.05) is 18.2 Å². The van der Waals surface area contributed by atoms with E-state index in [0.29, 0.717) is 22.7 Å². The van der Waals surface area contributed by atoms with E-state index in [9.17, 15) is 9.59 Å². The summed E-state index contributed by atoms with van der Waals surface area (Å²) in [5.74, 6) is 0.745. The van der Waals surface area contributed by atoms with Crippen molar-refractivity contribution in [2.45, 2.75) is 19.4 Å². The molecule has 6 nitrogen and oxygen atoms in total. The first-order valence-corrected chi connectivity index (χ1v) is 11.1. The van der Waals surface area contributed by atoms with Crippen LogP contribution in [0.1, 0.15) is 39.3 Å². The number of hydrogen-bond donors (Lipinski definition) is 1. The summed E-state index contributed by atoms with van der Waals surface area (Å²) in [5.41, 5.74) is 3.30. The van der Waals surface area contributed by atoms with Crippen LogP contribution in [0.15, 0.2) is 53.9 Å². The molecule has 0 aliphatic carbocycles. The van der Waals surface area contributed by atoms with E-state index in [1.54, 1.807) is 23.5 Å². The Morgan fingerprint density at radius 1 is 1.13 bits per heavy atom. The van der Waals surface area contributed by atoms with Gasteiger partial charge in [0.05, 0.1) is 18.3 Å². The van der Waals surface area contributed by atoms with E-state index in [2.05, 4.69) is 33.8 Å². The van der Waals surface area contributed by atoms with Gasteiger partial charge >= 0.3 is 0 Å². The molecule has 0 unspecified atom stereocenters. The van der Waals surface area contributed by atoms with Crippen molar-refractivity contribution in [3.05, 3.63) is 75.5 Å². The fourth-order valence-electron chi connectivity index (χ4n) is 4.28. The number of ketones is 1. The normalized spacial score (nSPS) is 17.3. The van der Waals surface area contributed by atoms with Gasteiger partial charge in [-0.05, 0) is 42.0 Å². The molecule has 5 rings (SSSR count). The number of benzene rings is 2. The highest BCUT2D eigenvalue weighted by Gasteiger charge is 2.31. The number of amides is 1. The first-order chi connectivity index (χ1) is 15.1. The molecule has 3 heterocycles. The lowest BCUT2D eigenvalue weighted by molar-refractivity contribution is -0.117. The number of ether oxygens (including phenoxy) is 2. The number of nitrogens with one attached hydrogen (secondary N) is 1. The number of nitrogens with zero attached hydrogens (tertiary/aromatic N) is 1. The number of hydrogen-bond acceptors (Lipinski definition) is 6. The highest BCUT2D eigenvalue weighted by atomic mass is 32.1. The molecule has 0 saturated carbocycles. The van der Waals surface area contributed by atoms with Gasteiger partial charge < -0.3 is 14.8 Å². The highest BCUT2D eigenvalue weighted by Crippen LogP contribution is 2.39. The lowest BCUT2D eigenvalue weighted by Crippen LogP contribution is -2.40. The third-order valence-corrected chi connectivity index (χ3v) is 6.69. The van der Waals surface area contributed by atoms with Crippen molar-refractivity contribution >= 4 is 28.7 Å². The van der Waals surface area contributed by atoms with Gasteiger partial charge in [-0.2, -0.15) is 0 Å². The van der Waals surface area contributed by atoms with Gasteiger partial charge in [0.25, 0.3) is 0 Å². The van der Waals surface area contributed by atoms with Crippen LogP contribution in [-0.4, -0.2) is 36.5 Å². The summed E-state index contributed by atoms with van der Waals surface area (Å²) < 4.78 is 10.8. The topological polar surface area (TPSA) is 67.9 Å². The second-order valence-electron chi connectivity index (χ2n) is 7.69. The van der Waals surface area contributed by atoms with E-state index in [0.717, 1.165) is 13.0 Å². The first kappa shape index (κ1) is 19.8. The average Bonchev–Trinajstić information content (AvgIpc) is 3.42. The molecule has 0 radical (unpaired) electrons. The third-order valence-electron chi connectivity index (χ3n) is 5.69. The van der Waals surface area contributed by atoms with Crippen molar-refractivity contribution in [1.82, 2.24) is 4.90 Å². The lowest BCUT2D eigenvalue weighted by atomic mass is 9.93. The molecule has 2 aromatic carbocycles. The fraction of sp³-hybridized carbons (Fsp3) is 0.250. The zero-order valence-corrected chi connectivity index (χ0v) is 17.9. The average molecular weight is 435 g/mol. The standard InChI is InChI=1S/C24H22N2O4S/c1-15(27)18-11-20-21(30-14-29-20)12-19(18)25-23(28)13-26-9-7-22-17(8-10-31-22)24(26)16-5-3-2-4-6-16/h2-6,8,10-12,24H,7,9,13-14H2,1H3,(H,25,28)/t24-/m0/s1. The summed E-state index contributed by atoms with van der Waals surface area (Å²) >= 11 is 1.77. The maximum absolute atomic E-state index is 13.0. The molecule has 3 aromatic rings. The summed E-state index contributed by atoms with van der Waals surface area (Å²) in [4.78, 5) is 28.7. The van der Waals surface area contributed by atoms with Gasteiger partial charge in [-0.3, -0.25) is 14.5 Å². The summed E-state index contributed by atoms with van der Waals surface area (Å²) in [7, 11) is 0. The van der Waals surface area contributed by atoms with Gasteiger partial charge in [-0.25, -0.2) is 0 Å². The predicted molar refractivity (Wildman–Crippen MR) is 119 cm³/mol. The molecule has 1 aromatic heterocycles. The third kappa shape index (κ3) is 3.82. The number of fused-ring (bicyclic) bond motifs is 2. The molecule has 0 saturated heterocycles. The Labute approximate surface area is 184 Å². The maximum Gasteiger partial charge on any atom is 0.238 e. The maximum atomic E-state index is 13.0. The van der Waals surface area contributed by atoms with E-state index in [1.165, 1.54) is 22.9 Å². The molecule has 31 heavy (non-hydrogen) atoms. The number of Topliss-reactive ketones (excluding diaryl/α,β-unsaturated/α-hetero) is 1. The second kappa shape index (κ2) is 8.17. The van der Waals surface area contributed by atoms with Crippen molar-refractivity contribution in [2.75, 3.05) is 25.2 Å². The molecule has 158 valence electrons. The smallest absolute Gasteiger partial charge is 0.238 e. The van der Waals surface area contributed by atoms with Crippen LogP contribution >= 0.6 is 11.3 Å². The Bertz CT molecular complexity index is 1140. The van der Waals surface area contributed by atoms with Crippen LogP contribution in [0.5, 0.6) is 11.5 Å². The minimum atomic E-state index is -0.166. The van der Waals surface area contributed by atoms with Crippen molar-refractivity contribution in [3.63, 3.8) is 0 Å². The summed E-state index contributed by atoms with van der Waals surface area (Å²) in [5, 5.41) is 5.05. The second-order valence-corrected chi connectivity index (χ2v) is 8.69. The van der Waals surface area contributed by atoms with Crippen LogP contribution in [0.25, 0.3) is 0 Å². The lowest BCUT2D eigenvalue weighted by Gasteiger charge is -2.35. The first-order valence-electron chi connectivity index (χ1n) is 10.2. The minimum absolute atomic E-state index is 0.0333. The van der Waals surface area contributed by atoms with Crippen molar-refractivity contribution < 1.29 is 19.1 Å². The number of rotatable bonds is 5. The fourth-order valence-corrected chi connectivity index (χ4v) is 5.18. The summed E-state index contributed by atoms with van der Waals surface area (Å²) in [6.07, 6.45) is 0.923. The molecule has 2 aliphatic rings. The predicted octanol–water partition coefficient (Wildman–Crippen LogP) is 4.27. The Hall–Kier alpha value is -3.16. The van der Waals surface area contributed by atoms with Crippen molar-refractivity contribution in [1.29, 1.82) is 0 Å². The molecule has 7 heteroatoms. The summed E-state index contributed by atoms with van der Waals surface area (Å²) in [6.45, 7) is 2.60. The Kier molecular flexibility index (Phi) is 5.21. The molecule has 0 spiro atoms. The largest absolute Gasteiger partial charge is 0.454 e. The van der Waals surface area contributed by atoms with E-state index < -0.39 is 0 Å². The highest BCUT2D eigenvalue weighted by molar-refractivity contribution is 7.10. The summed E-state index contributed by atoms with van der Waals surface area (Å²) in [6, 6.07) is 15.8. The molecule has 1 amide bonds. The van der Waals surface area contributed by atoms with E-state index in [-0.39, 0.29) is 31.1 Å². The van der Waals surface area contributed by atoms with Crippen LogP contribution in [-0.2, 0) is 11.2 Å². The Morgan fingerprint density at radius 2 is 1.90 bits per heavy atom. The minimum Gasteiger partial charge on any atom is -0.454 e. The number of carbonyl (C=O) groups excluding carboxylic acids is 2. The van der Waals surface area contributed by atoms with E-state index in [4.69, 9.17) is 9.47 Å². The van der Waals surface area contributed by atoms with Gasteiger partial charge in [0, 0.05) is 23.1 Å². The zero-order chi connectivity index (χ0) is 21.4. The monoisotopic (exact) mass is 434 g/mol. The van der Waals surface area contributed by atoms with Gasteiger partial charge in [0.1, 0.15) is 0 Å². The quantitative estimate of drug-likeness (QED) is 0.608. The molecule has 1 N–H and O–H groups in total. The van der Waals surface area contributed by atoms with Crippen LogP contribution < -0.4 is 14.8 Å². The SMILES string of the molecule is CC(=O)c1cc2c(cc1NC(=O)CN1CCc3sccc3[C@@H]1c1ccccc1)OCO2. The van der Waals surface area contributed by atoms with Gasteiger partial charge in [0.2, 0.25) is 12.7 Å². The molecular formula is C24H22N2O4S. The molecule has 0 bridgehead atoms. The van der Waals surface area contributed by atoms with Gasteiger partial charge in [0.15, 0.2) is 17.3 Å². The van der Waals surface area contributed by atoms with Crippen molar-refractivity contribution in [3.8, 4) is 11.5 Å². The van der Waals surface area contributed by atoms with Crippen LogP contribution in [0.3, 0.4) is 0 Å². The molecule has 0 fully saturated rings. The Morgan fingerprint density at radius 3 is 2.68 bits per heavy atom. The van der Waals surface area contributed by atoms with Gasteiger partial charge in [-0.1, -0.05) is 30.3 Å². The number of anilines is 1. The zero-order valence-electron chi connectivity index (χ0n) is 17.1. The molecular weight excluding hydrogens is 412 g/mol. The van der Waals surface area contributed by atoms with Gasteiger partial charge in [-0.15, -0.1) is 11.3 Å². The van der Waals surface area contributed by atoms with Crippen molar-refractivity contribution in [2.24, 2.45) is 0 Å². The van der Waals surface area contributed by atoms with Crippen LogP contribution in [0.2, 0.25) is 0 Å².